The van der Waals surface area contributed by atoms with Gasteiger partial charge in [-0.05, 0) is 0 Å². The summed E-state index contributed by atoms with van der Waals surface area (Å²) in [6, 6.07) is 0. The highest BCUT2D eigenvalue weighted by molar-refractivity contribution is 4.33. The summed E-state index contributed by atoms with van der Waals surface area (Å²) in [6.45, 7) is 3.43. The quantitative estimate of drug-likeness (QED) is 0.452. The SMILES string of the molecule is C1COCCOOCCO1. The van der Waals surface area contributed by atoms with Gasteiger partial charge in [0.05, 0.1) is 26.4 Å². The zero-order chi connectivity index (χ0) is 7.07. The molecule has 1 heterocycles. The van der Waals surface area contributed by atoms with Crippen molar-refractivity contribution in [2.75, 3.05) is 39.6 Å². The summed E-state index contributed by atoms with van der Waals surface area (Å²) in [4.78, 5) is 9.41. The van der Waals surface area contributed by atoms with Gasteiger partial charge in [0, 0.05) is 0 Å². The number of ether oxygens (including phenoxy) is 2. The zero-order valence-corrected chi connectivity index (χ0v) is 5.88. The van der Waals surface area contributed by atoms with E-state index in [1.165, 1.54) is 0 Å². The maximum atomic E-state index is 5.08. The van der Waals surface area contributed by atoms with E-state index in [-0.39, 0.29) is 0 Å². The van der Waals surface area contributed by atoms with Gasteiger partial charge in [0.2, 0.25) is 0 Å². The molecule has 0 bridgehead atoms. The second kappa shape index (κ2) is 5.61. The Morgan fingerprint density at radius 3 is 1.40 bits per heavy atom. The molecule has 0 radical (unpaired) electrons. The Hall–Kier alpha value is -0.160. The van der Waals surface area contributed by atoms with Crippen molar-refractivity contribution in [1.29, 1.82) is 0 Å². The minimum Gasteiger partial charge on any atom is -0.377 e. The summed E-state index contributed by atoms with van der Waals surface area (Å²) >= 11 is 0. The fraction of sp³-hybridized carbons (Fsp3) is 1.00. The van der Waals surface area contributed by atoms with Crippen LogP contribution in [-0.2, 0) is 19.2 Å². The van der Waals surface area contributed by atoms with Crippen molar-refractivity contribution in [1.82, 2.24) is 0 Å². The largest absolute Gasteiger partial charge is 0.377 e. The van der Waals surface area contributed by atoms with E-state index in [1.807, 2.05) is 0 Å². The number of hydrogen-bond acceptors (Lipinski definition) is 4. The third-order valence-corrected chi connectivity index (χ3v) is 1.08. The fourth-order valence-corrected chi connectivity index (χ4v) is 0.626. The molecule has 60 valence electrons. The number of hydrogen-bond donors (Lipinski definition) is 0. The summed E-state index contributed by atoms with van der Waals surface area (Å²) in [7, 11) is 0. The molecule has 0 aromatic carbocycles. The minimum absolute atomic E-state index is 0.500. The standard InChI is InChI=1S/C6H12O4/c1-2-8-4-6-10-9-5-3-7-1/h1-6H2. The average molecular weight is 148 g/mol. The lowest BCUT2D eigenvalue weighted by Crippen LogP contribution is -2.15. The molecule has 1 saturated heterocycles. The summed E-state index contributed by atoms with van der Waals surface area (Å²) < 4.78 is 10.2. The highest BCUT2D eigenvalue weighted by atomic mass is 17.2. The predicted octanol–water partition coefficient (Wildman–Crippen LogP) is -0.0186. The van der Waals surface area contributed by atoms with Crippen LogP contribution in [0.1, 0.15) is 0 Å². The Kier molecular flexibility index (Phi) is 4.46. The predicted molar refractivity (Wildman–Crippen MR) is 33.5 cm³/mol. The van der Waals surface area contributed by atoms with Gasteiger partial charge in [0.25, 0.3) is 0 Å². The van der Waals surface area contributed by atoms with Gasteiger partial charge >= 0.3 is 0 Å². The van der Waals surface area contributed by atoms with Gasteiger partial charge in [-0.25, -0.2) is 9.78 Å². The van der Waals surface area contributed by atoms with Gasteiger partial charge in [-0.3, -0.25) is 0 Å². The van der Waals surface area contributed by atoms with Gasteiger partial charge in [-0.2, -0.15) is 0 Å². The third-order valence-electron chi connectivity index (χ3n) is 1.08. The summed E-state index contributed by atoms with van der Waals surface area (Å²) in [5.74, 6) is 0. The molecular weight excluding hydrogens is 136 g/mol. The minimum atomic E-state index is 0.500. The second-order valence-corrected chi connectivity index (χ2v) is 1.87. The first-order valence-corrected chi connectivity index (χ1v) is 3.40. The van der Waals surface area contributed by atoms with Crippen LogP contribution in [0.3, 0.4) is 0 Å². The first-order valence-electron chi connectivity index (χ1n) is 3.40. The van der Waals surface area contributed by atoms with Crippen LogP contribution >= 0.6 is 0 Å². The summed E-state index contributed by atoms with van der Waals surface area (Å²) in [5, 5.41) is 0. The molecule has 1 aliphatic heterocycles. The van der Waals surface area contributed by atoms with Crippen molar-refractivity contribution < 1.29 is 19.2 Å². The van der Waals surface area contributed by atoms with Crippen LogP contribution < -0.4 is 0 Å². The van der Waals surface area contributed by atoms with Crippen molar-refractivity contribution >= 4 is 0 Å². The molecule has 0 N–H and O–H groups in total. The Balaban J connectivity index is 2.00. The molecule has 0 atom stereocenters. The van der Waals surface area contributed by atoms with E-state index in [2.05, 4.69) is 0 Å². The lowest BCUT2D eigenvalue weighted by Gasteiger charge is -2.09. The van der Waals surface area contributed by atoms with Crippen LogP contribution in [0, 0.1) is 0 Å². The molecule has 0 aliphatic carbocycles. The monoisotopic (exact) mass is 148 g/mol. The van der Waals surface area contributed by atoms with Crippen LogP contribution in [0.25, 0.3) is 0 Å². The molecule has 0 unspecified atom stereocenters. The highest BCUT2D eigenvalue weighted by Gasteiger charge is 1.95. The second-order valence-electron chi connectivity index (χ2n) is 1.87. The summed E-state index contributed by atoms with van der Waals surface area (Å²) in [6.07, 6.45) is 0. The molecule has 1 aliphatic rings. The topological polar surface area (TPSA) is 36.9 Å². The number of rotatable bonds is 0. The maximum absolute atomic E-state index is 5.08. The molecule has 0 saturated carbocycles. The first-order chi connectivity index (χ1) is 5.00. The lowest BCUT2D eigenvalue weighted by atomic mass is 10.7. The fourth-order valence-electron chi connectivity index (χ4n) is 0.626. The first kappa shape index (κ1) is 7.94. The van der Waals surface area contributed by atoms with Gasteiger partial charge in [-0.1, -0.05) is 0 Å². The molecule has 0 aromatic rings. The molecule has 10 heavy (non-hydrogen) atoms. The zero-order valence-electron chi connectivity index (χ0n) is 5.88. The Bertz CT molecular complexity index is 42.9. The molecule has 0 aromatic heterocycles. The van der Waals surface area contributed by atoms with Gasteiger partial charge in [-0.15, -0.1) is 0 Å². The van der Waals surface area contributed by atoms with E-state index < -0.39 is 0 Å². The van der Waals surface area contributed by atoms with Gasteiger partial charge in [0.1, 0.15) is 13.2 Å². The van der Waals surface area contributed by atoms with Crippen LogP contribution in [-0.4, -0.2) is 39.6 Å². The average Bonchev–Trinajstić information content (AvgIpc) is 2.01. The third kappa shape index (κ3) is 3.79. The Labute approximate surface area is 59.9 Å². The van der Waals surface area contributed by atoms with E-state index in [4.69, 9.17) is 19.2 Å². The van der Waals surface area contributed by atoms with Crippen molar-refractivity contribution in [2.45, 2.75) is 0 Å². The van der Waals surface area contributed by atoms with Crippen molar-refractivity contribution in [3.63, 3.8) is 0 Å². The Morgan fingerprint density at radius 1 is 0.500 bits per heavy atom. The van der Waals surface area contributed by atoms with E-state index in [0.29, 0.717) is 39.6 Å². The van der Waals surface area contributed by atoms with Gasteiger partial charge in [0.15, 0.2) is 0 Å². The molecular formula is C6H12O4. The van der Waals surface area contributed by atoms with Gasteiger partial charge < -0.3 is 9.47 Å². The Morgan fingerprint density at radius 2 is 0.900 bits per heavy atom. The lowest BCUT2D eigenvalue weighted by molar-refractivity contribution is -0.307. The van der Waals surface area contributed by atoms with Crippen LogP contribution in [0.15, 0.2) is 0 Å². The highest BCUT2D eigenvalue weighted by Crippen LogP contribution is 1.86. The molecule has 4 nitrogen and oxygen atoms in total. The van der Waals surface area contributed by atoms with Crippen molar-refractivity contribution in [2.24, 2.45) is 0 Å². The molecule has 1 rings (SSSR count). The maximum Gasteiger partial charge on any atom is 0.106 e. The van der Waals surface area contributed by atoms with E-state index in [0.717, 1.165) is 0 Å². The van der Waals surface area contributed by atoms with E-state index >= 15 is 0 Å². The normalized spacial score (nSPS) is 24.0. The molecule has 1 fully saturated rings. The van der Waals surface area contributed by atoms with E-state index in [9.17, 15) is 0 Å². The van der Waals surface area contributed by atoms with Crippen LogP contribution in [0.4, 0.5) is 0 Å². The smallest absolute Gasteiger partial charge is 0.106 e. The van der Waals surface area contributed by atoms with E-state index in [1.54, 1.807) is 0 Å². The summed E-state index contributed by atoms with van der Waals surface area (Å²) in [5.41, 5.74) is 0. The molecule has 0 spiro atoms. The molecule has 0 amide bonds. The van der Waals surface area contributed by atoms with Crippen molar-refractivity contribution in [3.8, 4) is 0 Å². The van der Waals surface area contributed by atoms with Crippen molar-refractivity contribution in [3.05, 3.63) is 0 Å². The van der Waals surface area contributed by atoms with Crippen LogP contribution in [0.5, 0.6) is 0 Å². The molecule has 4 heteroatoms. The van der Waals surface area contributed by atoms with Crippen LogP contribution in [0.2, 0.25) is 0 Å².